The van der Waals surface area contributed by atoms with Gasteiger partial charge in [0.25, 0.3) is 5.92 Å². The van der Waals surface area contributed by atoms with Crippen LogP contribution in [-0.4, -0.2) is 38.3 Å². The van der Waals surface area contributed by atoms with Gasteiger partial charge in [0.1, 0.15) is 17.1 Å². The molecule has 2 atom stereocenters. The van der Waals surface area contributed by atoms with Gasteiger partial charge in [-0.25, -0.2) is 18.4 Å². The molecule has 2 aromatic heterocycles. The van der Waals surface area contributed by atoms with E-state index >= 15 is 0 Å². The molecule has 2 aliphatic carbocycles. The van der Waals surface area contributed by atoms with Crippen molar-refractivity contribution in [3.8, 4) is 5.75 Å². The normalized spacial score (nSPS) is 25.2. The van der Waals surface area contributed by atoms with E-state index in [0.29, 0.717) is 23.5 Å². The fourth-order valence-electron chi connectivity index (χ4n) is 4.39. The standard InChI is InChI=1S/C19H21F5N6O/c1-9-14-16(30(29-9)11-3-2-4-11)28-17-25-7-12(19(22,23)24)15(27-17)26-13-6-18(20,21)5-10(13)8-31-14/h7,10-11,13H,2-6,8H2,1H3,(H2,25,26,27,28)/t10-,13+/m0/s1. The fraction of sp³-hybridized carbons (Fsp3) is 0.632. The van der Waals surface area contributed by atoms with Crippen molar-refractivity contribution >= 4 is 17.6 Å². The van der Waals surface area contributed by atoms with E-state index in [1.165, 1.54) is 0 Å². The van der Waals surface area contributed by atoms with Crippen LogP contribution in [0.3, 0.4) is 0 Å². The summed E-state index contributed by atoms with van der Waals surface area (Å²) < 4.78 is 76.6. The summed E-state index contributed by atoms with van der Waals surface area (Å²) in [6, 6.07) is -0.804. The van der Waals surface area contributed by atoms with Crippen LogP contribution in [0.2, 0.25) is 0 Å². The number of aromatic nitrogens is 4. The summed E-state index contributed by atoms with van der Waals surface area (Å²) in [7, 11) is 0. The van der Waals surface area contributed by atoms with Gasteiger partial charge in [-0.15, -0.1) is 0 Å². The van der Waals surface area contributed by atoms with Crippen LogP contribution in [0, 0.1) is 12.8 Å². The van der Waals surface area contributed by atoms with Crippen molar-refractivity contribution in [1.82, 2.24) is 19.7 Å². The SMILES string of the molecule is Cc1nn(C2CCC2)c2c1OC[C@@H]1CC(F)(F)C[C@H]1Nc1nc(ncc1C(F)(F)F)N2. The van der Waals surface area contributed by atoms with Gasteiger partial charge in [-0.2, -0.15) is 23.3 Å². The number of aryl methyl sites for hydroxylation is 1. The lowest BCUT2D eigenvalue weighted by molar-refractivity contribution is -0.137. The van der Waals surface area contributed by atoms with Crippen molar-refractivity contribution in [2.45, 2.75) is 63.2 Å². The van der Waals surface area contributed by atoms with Crippen molar-refractivity contribution in [1.29, 1.82) is 0 Å². The summed E-state index contributed by atoms with van der Waals surface area (Å²) in [5.74, 6) is -3.51. The second kappa shape index (κ2) is 6.92. The van der Waals surface area contributed by atoms with Crippen molar-refractivity contribution in [2.75, 3.05) is 17.2 Å². The summed E-state index contributed by atoms with van der Waals surface area (Å²) in [5.41, 5.74) is -0.536. The molecular weight excluding hydrogens is 423 g/mol. The number of halogens is 5. The van der Waals surface area contributed by atoms with Crippen LogP contribution in [0.1, 0.15) is 49.4 Å². The molecule has 0 radical (unpaired) electrons. The molecule has 168 valence electrons. The molecule has 31 heavy (non-hydrogen) atoms. The van der Waals surface area contributed by atoms with Crippen LogP contribution in [0.15, 0.2) is 6.20 Å². The zero-order valence-corrected chi connectivity index (χ0v) is 16.6. The minimum atomic E-state index is -4.73. The van der Waals surface area contributed by atoms with Gasteiger partial charge in [0.2, 0.25) is 5.95 Å². The van der Waals surface area contributed by atoms with Crippen molar-refractivity contribution < 1.29 is 26.7 Å². The molecule has 2 bridgehead atoms. The monoisotopic (exact) mass is 444 g/mol. The van der Waals surface area contributed by atoms with E-state index in [9.17, 15) is 22.0 Å². The highest BCUT2D eigenvalue weighted by atomic mass is 19.4. The smallest absolute Gasteiger partial charge is 0.421 e. The van der Waals surface area contributed by atoms with Crippen LogP contribution in [0.4, 0.5) is 39.5 Å². The maximum absolute atomic E-state index is 14.2. The fourth-order valence-corrected chi connectivity index (χ4v) is 4.39. The molecule has 2 N–H and O–H groups in total. The predicted molar refractivity (Wildman–Crippen MR) is 101 cm³/mol. The van der Waals surface area contributed by atoms with Gasteiger partial charge < -0.3 is 15.4 Å². The Hall–Kier alpha value is -2.66. The molecule has 12 heteroatoms. The lowest BCUT2D eigenvalue weighted by atomic mass is 9.93. The predicted octanol–water partition coefficient (Wildman–Crippen LogP) is 4.69. The van der Waals surface area contributed by atoms with Gasteiger partial charge in [-0.1, -0.05) is 0 Å². The van der Waals surface area contributed by atoms with E-state index in [1.54, 1.807) is 11.6 Å². The Morgan fingerprint density at radius 2 is 2.00 bits per heavy atom. The molecule has 0 amide bonds. The summed E-state index contributed by atoms with van der Waals surface area (Å²) in [6.07, 6.45) is -2.29. The molecule has 7 nitrogen and oxygen atoms in total. The number of nitrogens with zero attached hydrogens (tertiary/aromatic N) is 4. The number of anilines is 3. The summed E-state index contributed by atoms with van der Waals surface area (Å²) in [6.45, 7) is 1.66. The number of hydrogen-bond acceptors (Lipinski definition) is 6. The minimum Gasteiger partial charge on any atom is -0.487 e. The highest BCUT2D eigenvalue weighted by Crippen LogP contribution is 2.45. The Kier molecular flexibility index (Phi) is 4.52. The van der Waals surface area contributed by atoms with Gasteiger partial charge in [0.05, 0.1) is 12.6 Å². The first-order valence-electron chi connectivity index (χ1n) is 10.2. The molecular formula is C19H21F5N6O. The molecule has 0 spiro atoms. The number of alkyl halides is 5. The zero-order chi connectivity index (χ0) is 22.0. The quantitative estimate of drug-likeness (QED) is 0.622. The molecule has 0 saturated heterocycles. The molecule has 2 saturated carbocycles. The van der Waals surface area contributed by atoms with Crippen LogP contribution in [0.5, 0.6) is 5.75 Å². The Bertz CT molecular complexity index is 1000. The average Bonchev–Trinajstić information content (AvgIpc) is 3.05. The number of nitrogens with one attached hydrogen (secondary N) is 2. The Balaban J connectivity index is 1.62. The highest BCUT2D eigenvalue weighted by molar-refractivity contribution is 5.62. The van der Waals surface area contributed by atoms with E-state index in [1.807, 2.05) is 0 Å². The topological polar surface area (TPSA) is 76.9 Å². The lowest BCUT2D eigenvalue weighted by Crippen LogP contribution is -2.30. The highest BCUT2D eigenvalue weighted by Gasteiger charge is 2.48. The van der Waals surface area contributed by atoms with E-state index in [2.05, 4.69) is 25.7 Å². The minimum absolute atomic E-state index is 0.0794. The largest absolute Gasteiger partial charge is 0.487 e. The summed E-state index contributed by atoms with van der Waals surface area (Å²) in [4.78, 5) is 7.83. The second-order valence-electron chi connectivity index (χ2n) is 8.46. The van der Waals surface area contributed by atoms with Crippen molar-refractivity contribution in [2.24, 2.45) is 5.92 Å². The molecule has 3 aliphatic rings. The third-order valence-corrected chi connectivity index (χ3v) is 6.19. The van der Waals surface area contributed by atoms with Crippen molar-refractivity contribution in [3.05, 3.63) is 17.5 Å². The second-order valence-corrected chi connectivity index (χ2v) is 8.46. The molecule has 1 aliphatic heterocycles. The van der Waals surface area contributed by atoms with Gasteiger partial charge in [0, 0.05) is 31.0 Å². The van der Waals surface area contributed by atoms with E-state index in [0.717, 1.165) is 19.3 Å². The maximum atomic E-state index is 14.2. The van der Waals surface area contributed by atoms with Gasteiger partial charge in [-0.3, -0.25) is 0 Å². The van der Waals surface area contributed by atoms with Gasteiger partial charge in [0.15, 0.2) is 11.6 Å². The van der Waals surface area contributed by atoms with E-state index < -0.39 is 48.3 Å². The van der Waals surface area contributed by atoms with Crippen LogP contribution in [-0.2, 0) is 6.18 Å². The number of rotatable bonds is 1. The summed E-state index contributed by atoms with van der Waals surface area (Å²) in [5, 5.41) is 10.1. The zero-order valence-electron chi connectivity index (χ0n) is 16.6. The third kappa shape index (κ3) is 3.65. The Morgan fingerprint density at radius 3 is 2.68 bits per heavy atom. The average molecular weight is 444 g/mol. The molecule has 3 heterocycles. The molecule has 2 fully saturated rings. The Labute approximate surface area is 174 Å². The van der Waals surface area contributed by atoms with Crippen LogP contribution >= 0.6 is 0 Å². The number of ether oxygens (including phenoxy) is 1. The Morgan fingerprint density at radius 1 is 1.23 bits per heavy atom. The molecule has 5 rings (SSSR count). The van der Waals surface area contributed by atoms with Crippen molar-refractivity contribution in [3.63, 3.8) is 0 Å². The third-order valence-electron chi connectivity index (χ3n) is 6.19. The first kappa shape index (κ1) is 20.3. The first-order valence-corrected chi connectivity index (χ1v) is 10.2. The first-order chi connectivity index (χ1) is 14.6. The summed E-state index contributed by atoms with van der Waals surface area (Å²) >= 11 is 0. The molecule has 0 aromatic carbocycles. The molecule has 0 unspecified atom stereocenters. The van der Waals surface area contributed by atoms with Gasteiger partial charge >= 0.3 is 6.18 Å². The van der Waals surface area contributed by atoms with E-state index in [-0.39, 0.29) is 18.6 Å². The van der Waals surface area contributed by atoms with Crippen LogP contribution in [0.25, 0.3) is 0 Å². The molecule has 2 aromatic rings. The number of fused-ring (bicyclic) bond motifs is 4. The lowest BCUT2D eigenvalue weighted by Gasteiger charge is -2.27. The van der Waals surface area contributed by atoms with Crippen LogP contribution < -0.4 is 15.4 Å². The van der Waals surface area contributed by atoms with E-state index in [4.69, 9.17) is 4.74 Å². The maximum Gasteiger partial charge on any atom is 0.421 e. The van der Waals surface area contributed by atoms with Gasteiger partial charge in [-0.05, 0) is 26.2 Å². The number of hydrogen-bond donors (Lipinski definition) is 2.